The van der Waals surface area contributed by atoms with Crippen molar-refractivity contribution < 1.29 is 9.53 Å². The Morgan fingerprint density at radius 3 is 2.63 bits per heavy atom. The number of carbonyl (C=O) groups is 1. The van der Waals surface area contributed by atoms with E-state index < -0.39 is 0 Å². The van der Waals surface area contributed by atoms with Crippen molar-refractivity contribution in [2.75, 3.05) is 6.61 Å². The van der Waals surface area contributed by atoms with Crippen LogP contribution in [0.1, 0.15) is 50.3 Å². The molecule has 0 aromatic carbocycles. The molecule has 0 spiro atoms. The smallest absolute Gasteiger partial charge is 0.305 e. The Morgan fingerprint density at radius 1 is 1.42 bits per heavy atom. The fraction of sp³-hybridized carbons (Fsp3) is 0.667. The molecule has 1 heterocycles. The summed E-state index contributed by atoms with van der Waals surface area (Å²) in [6.45, 7) is 8.89. The SMILES string of the molecule is CCOC(=O)CCC(N)Cc1ccc(C(C)(C)C)s1. The molecular weight excluding hydrogens is 258 g/mol. The molecule has 4 heteroatoms. The molecule has 1 rings (SSSR count). The second-order valence-electron chi connectivity index (χ2n) is 5.82. The summed E-state index contributed by atoms with van der Waals surface area (Å²) < 4.78 is 4.90. The third-order valence-electron chi connectivity index (χ3n) is 2.89. The average Bonchev–Trinajstić information content (AvgIpc) is 2.75. The molecular formula is C15H25NO2S. The van der Waals surface area contributed by atoms with Crippen LogP contribution in [0.4, 0.5) is 0 Å². The second-order valence-corrected chi connectivity index (χ2v) is 6.99. The van der Waals surface area contributed by atoms with Gasteiger partial charge in [0.05, 0.1) is 6.61 Å². The van der Waals surface area contributed by atoms with Gasteiger partial charge in [-0.3, -0.25) is 4.79 Å². The number of thiophene rings is 1. The van der Waals surface area contributed by atoms with E-state index in [1.54, 1.807) is 0 Å². The lowest BCUT2D eigenvalue weighted by Gasteiger charge is -2.15. The van der Waals surface area contributed by atoms with E-state index in [2.05, 4.69) is 32.9 Å². The Kier molecular flexibility index (Phi) is 6.01. The Hall–Kier alpha value is -0.870. The molecule has 108 valence electrons. The van der Waals surface area contributed by atoms with Crippen molar-refractivity contribution in [3.05, 3.63) is 21.9 Å². The standard InChI is InChI=1S/C15H25NO2S/c1-5-18-14(17)9-6-11(16)10-12-7-8-13(19-12)15(2,3)4/h7-8,11H,5-6,9-10,16H2,1-4H3. The van der Waals surface area contributed by atoms with Gasteiger partial charge in [-0.25, -0.2) is 0 Å². The summed E-state index contributed by atoms with van der Waals surface area (Å²) in [7, 11) is 0. The van der Waals surface area contributed by atoms with Crippen molar-refractivity contribution >= 4 is 17.3 Å². The molecule has 1 unspecified atom stereocenters. The van der Waals surface area contributed by atoms with Gasteiger partial charge in [-0.1, -0.05) is 20.8 Å². The summed E-state index contributed by atoms with van der Waals surface area (Å²) in [5.41, 5.74) is 6.26. The van der Waals surface area contributed by atoms with E-state index in [0.717, 1.165) is 6.42 Å². The van der Waals surface area contributed by atoms with Crippen molar-refractivity contribution in [3.8, 4) is 0 Å². The molecule has 0 aliphatic carbocycles. The number of esters is 1. The normalized spacial score (nSPS) is 13.3. The molecule has 0 saturated heterocycles. The van der Waals surface area contributed by atoms with Gasteiger partial charge in [0.15, 0.2) is 0 Å². The molecule has 0 aliphatic heterocycles. The van der Waals surface area contributed by atoms with Crippen LogP contribution in [-0.2, 0) is 21.4 Å². The fourth-order valence-corrected chi connectivity index (χ4v) is 2.95. The molecule has 1 atom stereocenters. The number of rotatable bonds is 6. The van der Waals surface area contributed by atoms with E-state index in [4.69, 9.17) is 10.5 Å². The highest BCUT2D eigenvalue weighted by Gasteiger charge is 2.17. The van der Waals surface area contributed by atoms with E-state index in [0.29, 0.717) is 19.4 Å². The minimum atomic E-state index is -0.153. The maximum absolute atomic E-state index is 11.3. The summed E-state index contributed by atoms with van der Waals surface area (Å²) in [5.74, 6) is -0.153. The molecule has 0 bridgehead atoms. The summed E-state index contributed by atoms with van der Waals surface area (Å²) >= 11 is 1.82. The number of nitrogens with two attached hydrogens (primary N) is 1. The van der Waals surface area contributed by atoms with Gasteiger partial charge in [-0.2, -0.15) is 0 Å². The van der Waals surface area contributed by atoms with Crippen LogP contribution in [0.5, 0.6) is 0 Å². The van der Waals surface area contributed by atoms with Crippen molar-refractivity contribution in [2.45, 2.75) is 58.4 Å². The summed E-state index contributed by atoms with van der Waals surface area (Å²) in [6, 6.07) is 4.35. The maximum Gasteiger partial charge on any atom is 0.305 e. The molecule has 1 aromatic heterocycles. The third kappa shape index (κ3) is 5.74. The lowest BCUT2D eigenvalue weighted by molar-refractivity contribution is -0.143. The first-order valence-electron chi connectivity index (χ1n) is 6.83. The Labute approximate surface area is 120 Å². The van der Waals surface area contributed by atoms with Gasteiger partial charge in [0, 0.05) is 22.2 Å². The van der Waals surface area contributed by atoms with Crippen LogP contribution in [-0.4, -0.2) is 18.6 Å². The summed E-state index contributed by atoms with van der Waals surface area (Å²) in [4.78, 5) is 13.9. The molecule has 0 amide bonds. The monoisotopic (exact) mass is 283 g/mol. The predicted octanol–water partition coefficient (Wildman–Crippen LogP) is 3.26. The predicted molar refractivity (Wildman–Crippen MR) is 80.6 cm³/mol. The zero-order chi connectivity index (χ0) is 14.5. The van der Waals surface area contributed by atoms with Gasteiger partial charge in [0.25, 0.3) is 0 Å². The average molecular weight is 283 g/mol. The zero-order valence-electron chi connectivity index (χ0n) is 12.4. The molecule has 19 heavy (non-hydrogen) atoms. The Morgan fingerprint density at radius 2 is 2.11 bits per heavy atom. The van der Waals surface area contributed by atoms with E-state index in [1.165, 1.54) is 9.75 Å². The minimum absolute atomic E-state index is 0.0240. The highest BCUT2D eigenvalue weighted by Crippen LogP contribution is 2.30. The van der Waals surface area contributed by atoms with Gasteiger partial charge in [0.2, 0.25) is 0 Å². The quantitative estimate of drug-likeness (QED) is 0.815. The third-order valence-corrected chi connectivity index (χ3v) is 4.42. The molecule has 0 saturated carbocycles. The van der Waals surface area contributed by atoms with E-state index in [9.17, 15) is 4.79 Å². The molecule has 2 N–H and O–H groups in total. The second kappa shape index (κ2) is 7.06. The first-order valence-corrected chi connectivity index (χ1v) is 7.65. The number of hydrogen-bond donors (Lipinski definition) is 1. The van der Waals surface area contributed by atoms with Crippen LogP contribution >= 0.6 is 11.3 Å². The van der Waals surface area contributed by atoms with E-state index in [1.807, 2.05) is 18.3 Å². The number of ether oxygens (including phenoxy) is 1. The van der Waals surface area contributed by atoms with Gasteiger partial charge in [-0.15, -0.1) is 11.3 Å². The van der Waals surface area contributed by atoms with Crippen LogP contribution in [0.25, 0.3) is 0 Å². The van der Waals surface area contributed by atoms with Crippen molar-refractivity contribution in [1.29, 1.82) is 0 Å². The molecule has 0 aliphatic rings. The summed E-state index contributed by atoms with van der Waals surface area (Å²) in [5, 5.41) is 0. The maximum atomic E-state index is 11.3. The van der Waals surface area contributed by atoms with Crippen LogP contribution in [0.2, 0.25) is 0 Å². The summed E-state index contributed by atoms with van der Waals surface area (Å²) in [6.07, 6.45) is 1.92. The van der Waals surface area contributed by atoms with Gasteiger partial charge >= 0.3 is 5.97 Å². The number of carbonyl (C=O) groups excluding carboxylic acids is 1. The largest absolute Gasteiger partial charge is 0.466 e. The molecule has 0 radical (unpaired) electrons. The van der Waals surface area contributed by atoms with Gasteiger partial charge in [-0.05, 0) is 37.3 Å². The molecule has 0 fully saturated rings. The highest BCUT2D eigenvalue weighted by atomic mass is 32.1. The minimum Gasteiger partial charge on any atom is -0.466 e. The molecule has 3 nitrogen and oxygen atoms in total. The van der Waals surface area contributed by atoms with Crippen LogP contribution in [0.15, 0.2) is 12.1 Å². The van der Waals surface area contributed by atoms with Crippen molar-refractivity contribution in [3.63, 3.8) is 0 Å². The first kappa shape index (κ1) is 16.2. The molecule has 1 aromatic rings. The Balaban J connectivity index is 2.42. The van der Waals surface area contributed by atoms with Crippen LogP contribution in [0, 0.1) is 0 Å². The van der Waals surface area contributed by atoms with E-state index in [-0.39, 0.29) is 17.4 Å². The first-order chi connectivity index (χ1) is 8.82. The lowest BCUT2D eigenvalue weighted by atomic mass is 9.95. The van der Waals surface area contributed by atoms with Gasteiger partial charge < -0.3 is 10.5 Å². The highest BCUT2D eigenvalue weighted by molar-refractivity contribution is 7.12. The van der Waals surface area contributed by atoms with Gasteiger partial charge in [0.1, 0.15) is 0 Å². The van der Waals surface area contributed by atoms with Crippen molar-refractivity contribution in [2.24, 2.45) is 5.73 Å². The Bertz CT molecular complexity index is 407. The zero-order valence-corrected chi connectivity index (χ0v) is 13.2. The fourth-order valence-electron chi connectivity index (χ4n) is 1.79. The number of hydrogen-bond acceptors (Lipinski definition) is 4. The van der Waals surface area contributed by atoms with Crippen LogP contribution < -0.4 is 5.73 Å². The lowest BCUT2D eigenvalue weighted by Crippen LogP contribution is -2.23. The van der Waals surface area contributed by atoms with Crippen LogP contribution in [0.3, 0.4) is 0 Å². The topological polar surface area (TPSA) is 52.3 Å². The van der Waals surface area contributed by atoms with Crippen molar-refractivity contribution in [1.82, 2.24) is 0 Å². The van der Waals surface area contributed by atoms with E-state index >= 15 is 0 Å².